The van der Waals surface area contributed by atoms with Crippen LogP contribution in [-0.2, 0) is 12.8 Å². The number of benzene rings is 2. The van der Waals surface area contributed by atoms with Crippen molar-refractivity contribution < 1.29 is 18.9 Å². The standard InChI is InChI=1S/C29H40N2O4.ClH/c1-6-18-17-31-10-8-20-14-27(33-3)29(35-5)16-23(20)25(31)12-21(18)11-24-22-15-28(34-4)26(32-2)13-19(22)7-9-30-24;/h13-16,18,21,24-25,30H,6-12,17H2,1-5H3;1H. The van der Waals surface area contributed by atoms with Gasteiger partial charge in [0.1, 0.15) is 0 Å². The van der Waals surface area contributed by atoms with Crippen molar-refractivity contribution in [1.29, 1.82) is 0 Å². The average Bonchev–Trinajstić information content (AvgIpc) is 2.91. The fraction of sp³-hybridized carbons (Fsp3) is 0.586. The number of methoxy groups -OCH3 is 4. The topological polar surface area (TPSA) is 52.2 Å². The minimum atomic E-state index is 0. The second-order valence-electron chi connectivity index (χ2n) is 10.2. The van der Waals surface area contributed by atoms with E-state index < -0.39 is 0 Å². The van der Waals surface area contributed by atoms with E-state index in [0.717, 1.165) is 55.4 Å². The maximum absolute atomic E-state index is 5.68. The van der Waals surface area contributed by atoms with Gasteiger partial charge in [0.05, 0.1) is 28.4 Å². The fourth-order valence-corrected chi connectivity index (χ4v) is 6.74. The van der Waals surface area contributed by atoms with Gasteiger partial charge in [0.15, 0.2) is 23.0 Å². The predicted molar refractivity (Wildman–Crippen MR) is 145 cm³/mol. The Morgan fingerprint density at radius 2 is 1.39 bits per heavy atom. The SMILES string of the molecule is CCC1CN2CCc3cc(OC)c(OC)cc3C2CC1CC1NCCc2cc(OC)c(OC)cc21.Cl. The van der Waals surface area contributed by atoms with Gasteiger partial charge in [-0.1, -0.05) is 13.3 Å². The van der Waals surface area contributed by atoms with Gasteiger partial charge in [-0.05, 0) is 90.6 Å². The zero-order valence-electron chi connectivity index (χ0n) is 22.3. The highest BCUT2D eigenvalue weighted by Gasteiger charge is 2.40. The van der Waals surface area contributed by atoms with E-state index in [9.17, 15) is 0 Å². The van der Waals surface area contributed by atoms with Gasteiger partial charge in [0.2, 0.25) is 0 Å². The molecule has 2 aromatic carbocycles. The quantitative estimate of drug-likeness (QED) is 0.534. The molecule has 0 aliphatic carbocycles. The summed E-state index contributed by atoms with van der Waals surface area (Å²) in [7, 11) is 6.90. The van der Waals surface area contributed by atoms with Crippen LogP contribution in [0.1, 0.15) is 60.5 Å². The second-order valence-corrected chi connectivity index (χ2v) is 10.2. The average molecular weight is 517 g/mol. The zero-order chi connectivity index (χ0) is 24.5. The Balaban J connectivity index is 0.00000304. The summed E-state index contributed by atoms with van der Waals surface area (Å²) in [6.07, 6.45) is 5.65. The van der Waals surface area contributed by atoms with Crippen LogP contribution in [0.15, 0.2) is 24.3 Å². The highest BCUT2D eigenvalue weighted by Crippen LogP contribution is 2.48. The molecule has 4 unspecified atom stereocenters. The van der Waals surface area contributed by atoms with Gasteiger partial charge >= 0.3 is 0 Å². The normalized spacial score (nSPS) is 25.0. The number of nitrogens with one attached hydrogen (secondary N) is 1. The molecule has 3 aliphatic rings. The van der Waals surface area contributed by atoms with Crippen molar-refractivity contribution in [3.63, 3.8) is 0 Å². The largest absolute Gasteiger partial charge is 0.493 e. The number of rotatable bonds is 7. The number of ether oxygens (including phenoxy) is 4. The highest BCUT2D eigenvalue weighted by atomic mass is 35.5. The fourth-order valence-electron chi connectivity index (χ4n) is 6.74. The number of hydrogen-bond donors (Lipinski definition) is 1. The van der Waals surface area contributed by atoms with Crippen LogP contribution >= 0.6 is 12.4 Å². The molecule has 36 heavy (non-hydrogen) atoms. The van der Waals surface area contributed by atoms with Crippen molar-refractivity contribution in [1.82, 2.24) is 10.2 Å². The van der Waals surface area contributed by atoms with Crippen LogP contribution in [0.2, 0.25) is 0 Å². The van der Waals surface area contributed by atoms with Gasteiger partial charge in [0.25, 0.3) is 0 Å². The third kappa shape index (κ3) is 4.88. The van der Waals surface area contributed by atoms with E-state index in [2.05, 4.69) is 41.4 Å². The van der Waals surface area contributed by atoms with E-state index >= 15 is 0 Å². The van der Waals surface area contributed by atoms with Crippen molar-refractivity contribution in [3.8, 4) is 23.0 Å². The Morgan fingerprint density at radius 3 is 2.00 bits per heavy atom. The molecule has 5 rings (SSSR count). The van der Waals surface area contributed by atoms with E-state index in [0.29, 0.717) is 23.9 Å². The molecule has 3 aliphatic heterocycles. The van der Waals surface area contributed by atoms with E-state index in [4.69, 9.17) is 18.9 Å². The Kier molecular flexibility index (Phi) is 8.59. The Bertz CT molecular complexity index is 1060. The molecule has 7 heteroatoms. The maximum atomic E-state index is 5.68. The van der Waals surface area contributed by atoms with Crippen LogP contribution in [0.5, 0.6) is 23.0 Å². The van der Waals surface area contributed by atoms with Crippen LogP contribution in [0, 0.1) is 11.8 Å². The molecule has 6 nitrogen and oxygen atoms in total. The summed E-state index contributed by atoms with van der Waals surface area (Å²) in [5.74, 6) is 4.69. The summed E-state index contributed by atoms with van der Waals surface area (Å²) < 4.78 is 22.5. The number of hydrogen-bond acceptors (Lipinski definition) is 6. The molecule has 0 amide bonds. The first-order valence-electron chi connectivity index (χ1n) is 13.1. The zero-order valence-corrected chi connectivity index (χ0v) is 23.1. The Morgan fingerprint density at radius 1 is 0.806 bits per heavy atom. The summed E-state index contributed by atoms with van der Waals surface area (Å²) in [4.78, 5) is 2.72. The van der Waals surface area contributed by atoms with Gasteiger partial charge in [-0.3, -0.25) is 4.90 Å². The number of halogens is 1. The summed E-state index contributed by atoms with van der Waals surface area (Å²) in [5.41, 5.74) is 5.60. The predicted octanol–water partition coefficient (Wildman–Crippen LogP) is 5.37. The Labute approximate surface area is 222 Å². The van der Waals surface area contributed by atoms with Crippen LogP contribution in [0.25, 0.3) is 0 Å². The molecule has 0 spiro atoms. The molecule has 2 aromatic rings. The minimum absolute atomic E-state index is 0. The minimum Gasteiger partial charge on any atom is -0.493 e. The first kappa shape index (κ1) is 26.9. The molecule has 198 valence electrons. The summed E-state index contributed by atoms with van der Waals surface area (Å²) in [6.45, 7) is 5.66. The Hall–Kier alpha value is -2.15. The number of nitrogens with zero attached hydrogens (tertiary/aromatic N) is 1. The highest BCUT2D eigenvalue weighted by molar-refractivity contribution is 5.85. The van der Waals surface area contributed by atoms with E-state index in [-0.39, 0.29) is 12.4 Å². The molecular formula is C29H41ClN2O4. The third-order valence-corrected chi connectivity index (χ3v) is 8.64. The van der Waals surface area contributed by atoms with Gasteiger partial charge in [-0.25, -0.2) is 0 Å². The van der Waals surface area contributed by atoms with E-state index in [1.165, 1.54) is 41.6 Å². The molecule has 0 saturated carbocycles. The lowest BCUT2D eigenvalue weighted by Gasteiger charge is -2.48. The molecule has 0 aromatic heterocycles. The van der Waals surface area contributed by atoms with E-state index in [1.807, 2.05) is 0 Å². The van der Waals surface area contributed by atoms with Crippen molar-refractivity contribution in [2.45, 2.75) is 51.1 Å². The molecular weight excluding hydrogens is 476 g/mol. The van der Waals surface area contributed by atoms with Crippen LogP contribution in [0.4, 0.5) is 0 Å². The molecule has 0 radical (unpaired) electrons. The van der Waals surface area contributed by atoms with Crippen molar-refractivity contribution in [2.75, 3.05) is 48.1 Å². The molecule has 1 fully saturated rings. The molecule has 0 bridgehead atoms. The van der Waals surface area contributed by atoms with Gasteiger partial charge < -0.3 is 24.3 Å². The third-order valence-electron chi connectivity index (χ3n) is 8.64. The van der Waals surface area contributed by atoms with Gasteiger partial charge in [0, 0.05) is 25.2 Å². The summed E-state index contributed by atoms with van der Waals surface area (Å²) >= 11 is 0. The number of fused-ring (bicyclic) bond motifs is 4. The summed E-state index contributed by atoms with van der Waals surface area (Å²) in [6, 6.07) is 9.61. The van der Waals surface area contributed by atoms with Gasteiger partial charge in [-0.15, -0.1) is 12.4 Å². The molecule has 3 heterocycles. The maximum Gasteiger partial charge on any atom is 0.161 e. The van der Waals surface area contributed by atoms with Crippen molar-refractivity contribution in [3.05, 3.63) is 46.5 Å². The van der Waals surface area contributed by atoms with Crippen molar-refractivity contribution >= 4 is 12.4 Å². The summed E-state index contributed by atoms with van der Waals surface area (Å²) in [5, 5.41) is 3.83. The second kappa shape index (κ2) is 11.5. The monoisotopic (exact) mass is 516 g/mol. The lowest BCUT2D eigenvalue weighted by Crippen LogP contribution is -2.46. The lowest BCUT2D eigenvalue weighted by molar-refractivity contribution is 0.0434. The molecule has 4 atom stereocenters. The molecule has 1 saturated heterocycles. The van der Waals surface area contributed by atoms with Crippen molar-refractivity contribution in [2.24, 2.45) is 11.8 Å². The first-order valence-corrected chi connectivity index (χ1v) is 13.1. The smallest absolute Gasteiger partial charge is 0.161 e. The van der Waals surface area contributed by atoms with E-state index in [1.54, 1.807) is 28.4 Å². The van der Waals surface area contributed by atoms with Crippen LogP contribution in [-0.4, -0.2) is 53.0 Å². The first-order chi connectivity index (χ1) is 17.1. The van der Waals surface area contributed by atoms with Crippen LogP contribution in [0.3, 0.4) is 0 Å². The number of piperidine rings is 1. The lowest BCUT2D eigenvalue weighted by atomic mass is 9.72. The van der Waals surface area contributed by atoms with Gasteiger partial charge in [-0.2, -0.15) is 0 Å². The molecule has 1 N–H and O–H groups in total. The van der Waals surface area contributed by atoms with Crippen LogP contribution < -0.4 is 24.3 Å².